The predicted molar refractivity (Wildman–Crippen MR) is 160 cm³/mol. The molecule has 0 amide bonds. The Morgan fingerprint density at radius 1 is 1.12 bits per heavy atom. The normalized spacial score (nSPS) is 16.2. The number of para-hydroxylation sites is 1. The summed E-state index contributed by atoms with van der Waals surface area (Å²) < 4.78 is 24.1. The number of fused-ring (bicyclic) bond motifs is 2. The number of hydrogen-bond acceptors (Lipinski definition) is 8. The topological polar surface area (TPSA) is 91.5 Å². The maximum Gasteiger partial charge on any atom is 0.344 e. The SMILES string of the molecule is CCOC(=O)C1=C(O)/C(=C/c2cn(CCOc3ccc4c(c3)OCO4)c3ccccc23)SC1=Nc1ccc(Cl)cc1. The Morgan fingerprint density at radius 3 is 2.76 bits per heavy atom. The molecule has 0 aliphatic carbocycles. The first-order valence-corrected chi connectivity index (χ1v) is 14.1. The van der Waals surface area contributed by atoms with Crippen LogP contribution in [0.3, 0.4) is 0 Å². The van der Waals surface area contributed by atoms with Crippen molar-refractivity contribution in [1.29, 1.82) is 0 Å². The van der Waals surface area contributed by atoms with Crippen LogP contribution in [0.2, 0.25) is 5.02 Å². The van der Waals surface area contributed by atoms with Crippen LogP contribution in [0.1, 0.15) is 12.5 Å². The molecule has 3 heterocycles. The van der Waals surface area contributed by atoms with Gasteiger partial charge in [-0.2, -0.15) is 0 Å². The number of aliphatic hydroxyl groups excluding tert-OH is 1. The lowest BCUT2D eigenvalue weighted by atomic mass is 10.1. The van der Waals surface area contributed by atoms with Crippen molar-refractivity contribution in [2.45, 2.75) is 13.5 Å². The summed E-state index contributed by atoms with van der Waals surface area (Å²) in [5.74, 6) is 1.29. The van der Waals surface area contributed by atoms with Gasteiger partial charge < -0.3 is 28.6 Å². The molecule has 0 atom stereocenters. The van der Waals surface area contributed by atoms with E-state index in [1.54, 1.807) is 31.2 Å². The highest BCUT2D eigenvalue weighted by atomic mass is 35.5. The summed E-state index contributed by atoms with van der Waals surface area (Å²) in [4.78, 5) is 17.9. The third kappa shape index (κ3) is 5.64. The summed E-state index contributed by atoms with van der Waals surface area (Å²) in [5, 5.41) is 13.1. The zero-order valence-corrected chi connectivity index (χ0v) is 23.6. The van der Waals surface area contributed by atoms with Crippen LogP contribution in [0, 0.1) is 0 Å². The van der Waals surface area contributed by atoms with E-state index >= 15 is 0 Å². The number of esters is 1. The van der Waals surface area contributed by atoms with Crippen molar-refractivity contribution in [3.05, 3.63) is 99.8 Å². The van der Waals surface area contributed by atoms with Crippen molar-refractivity contribution in [3.8, 4) is 17.2 Å². The van der Waals surface area contributed by atoms with E-state index < -0.39 is 5.97 Å². The molecule has 3 aromatic carbocycles. The fourth-order valence-corrected chi connectivity index (χ4v) is 5.72. The Bertz CT molecular complexity index is 1720. The number of aliphatic hydroxyl groups is 1. The first-order valence-electron chi connectivity index (χ1n) is 13.0. The number of carbonyl (C=O) groups excluding carboxylic acids is 1. The fraction of sp³-hybridized carbons (Fsp3) is 0.161. The Hall–Kier alpha value is -4.34. The Kier molecular flexibility index (Phi) is 7.63. The molecule has 0 saturated carbocycles. The summed E-state index contributed by atoms with van der Waals surface area (Å²) >= 11 is 7.23. The van der Waals surface area contributed by atoms with Crippen molar-refractivity contribution in [3.63, 3.8) is 0 Å². The van der Waals surface area contributed by atoms with Crippen LogP contribution >= 0.6 is 23.4 Å². The van der Waals surface area contributed by atoms with E-state index in [2.05, 4.69) is 9.56 Å². The van der Waals surface area contributed by atoms with Gasteiger partial charge in [-0.15, -0.1) is 0 Å². The van der Waals surface area contributed by atoms with E-state index in [1.165, 1.54) is 11.8 Å². The van der Waals surface area contributed by atoms with Gasteiger partial charge in [0.05, 0.1) is 23.7 Å². The first kappa shape index (κ1) is 26.9. The number of halogens is 1. The fourth-order valence-electron chi connectivity index (χ4n) is 4.57. The predicted octanol–water partition coefficient (Wildman–Crippen LogP) is 7.30. The molecule has 0 bridgehead atoms. The van der Waals surface area contributed by atoms with Crippen LogP contribution in [0.25, 0.3) is 17.0 Å². The largest absolute Gasteiger partial charge is 0.506 e. The molecule has 41 heavy (non-hydrogen) atoms. The van der Waals surface area contributed by atoms with Crippen molar-refractivity contribution in [2.24, 2.45) is 4.99 Å². The van der Waals surface area contributed by atoms with Gasteiger partial charge in [0.1, 0.15) is 28.7 Å². The summed E-state index contributed by atoms with van der Waals surface area (Å²) in [6.45, 7) is 3.12. The first-order chi connectivity index (χ1) is 20.0. The molecule has 4 aromatic rings. The number of hydrogen-bond donors (Lipinski definition) is 1. The second-order valence-electron chi connectivity index (χ2n) is 9.11. The zero-order valence-electron chi connectivity index (χ0n) is 22.0. The van der Waals surface area contributed by atoms with Crippen LogP contribution < -0.4 is 14.2 Å². The summed E-state index contributed by atoms with van der Waals surface area (Å²) in [6, 6.07) is 20.4. The van der Waals surface area contributed by atoms with Crippen LogP contribution in [0.5, 0.6) is 17.2 Å². The number of ether oxygens (including phenoxy) is 4. The second kappa shape index (κ2) is 11.6. The summed E-state index contributed by atoms with van der Waals surface area (Å²) in [6.07, 6.45) is 3.87. The van der Waals surface area contributed by atoms with Crippen molar-refractivity contribution < 1.29 is 28.8 Å². The van der Waals surface area contributed by atoms with Gasteiger partial charge in [0.25, 0.3) is 0 Å². The Morgan fingerprint density at radius 2 is 1.93 bits per heavy atom. The van der Waals surface area contributed by atoms with Crippen LogP contribution in [-0.2, 0) is 16.1 Å². The minimum atomic E-state index is -0.628. The molecule has 208 valence electrons. The van der Waals surface area contributed by atoms with Gasteiger partial charge in [-0.25, -0.2) is 9.79 Å². The molecule has 8 nitrogen and oxygen atoms in total. The maximum absolute atomic E-state index is 12.8. The van der Waals surface area contributed by atoms with E-state index in [1.807, 2.05) is 54.7 Å². The van der Waals surface area contributed by atoms with Gasteiger partial charge in [0, 0.05) is 33.8 Å². The molecule has 6 rings (SSSR count). The van der Waals surface area contributed by atoms with Crippen molar-refractivity contribution >= 4 is 57.0 Å². The van der Waals surface area contributed by atoms with Gasteiger partial charge in [-0.05, 0) is 55.5 Å². The molecular weight excluding hydrogens is 564 g/mol. The number of carbonyl (C=O) groups is 1. The number of rotatable bonds is 8. The molecule has 0 fully saturated rings. The minimum Gasteiger partial charge on any atom is -0.506 e. The average molecular weight is 589 g/mol. The number of aromatic nitrogens is 1. The monoisotopic (exact) mass is 588 g/mol. The van der Waals surface area contributed by atoms with Gasteiger partial charge in [-0.1, -0.05) is 41.6 Å². The number of nitrogens with zero attached hydrogens (tertiary/aromatic N) is 2. The van der Waals surface area contributed by atoms with Crippen LogP contribution in [0.4, 0.5) is 5.69 Å². The van der Waals surface area contributed by atoms with E-state index in [0.717, 1.165) is 16.5 Å². The number of thioether (sulfide) groups is 1. The van der Waals surface area contributed by atoms with E-state index in [4.69, 9.17) is 30.5 Å². The highest BCUT2D eigenvalue weighted by molar-refractivity contribution is 8.18. The lowest BCUT2D eigenvalue weighted by molar-refractivity contribution is -0.138. The molecule has 1 N–H and O–H groups in total. The van der Waals surface area contributed by atoms with E-state index in [0.29, 0.717) is 51.1 Å². The molecule has 1 aromatic heterocycles. The molecule has 10 heteroatoms. The van der Waals surface area contributed by atoms with Crippen molar-refractivity contribution in [1.82, 2.24) is 4.57 Å². The molecule has 0 unspecified atom stereocenters. The molecular formula is C31H25ClN2O6S. The molecule has 2 aliphatic rings. The van der Waals surface area contributed by atoms with Gasteiger partial charge in [-0.3, -0.25) is 0 Å². The van der Waals surface area contributed by atoms with Crippen LogP contribution in [-0.4, -0.2) is 40.7 Å². The van der Waals surface area contributed by atoms with Crippen molar-refractivity contribution in [2.75, 3.05) is 20.0 Å². The molecule has 0 spiro atoms. The third-order valence-corrected chi connectivity index (χ3v) is 7.75. The van der Waals surface area contributed by atoms with E-state index in [-0.39, 0.29) is 24.7 Å². The van der Waals surface area contributed by atoms with E-state index in [9.17, 15) is 9.90 Å². The molecule has 0 radical (unpaired) electrons. The molecule has 0 saturated heterocycles. The summed E-state index contributed by atoms with van der Waals surface area (Å²) in [7, 11) is 0. The lowest BCUT2D eigenvalue weighted by Crippen LogP contribution is -2.12. The Labute approximate surface area is 245 Å². The highest BCUT2D eigenvalue weighted by Gasteiger charge is 2.33. The highest BCUT2D eigenvalue weighted by Crippen LogP contribution is 2.41. The third-order valence-electron chi connectivity index (χ3n) is 6.48. The van der Waals surface area contributed by atoms with Gasteiger partial charge in [0.15, 0.2) is 11.5 Å². The van der Waals surface area contributed by atoms with Crippen LogP contribution in [0.15, 0.2) is 94.2 Å². The summed E-state index contributed by atoms with van der Waals surface area (Å²) in [5.41, 5.74) is 2.54. The number of aliphatic imine (C=N–C) groups is 1. The quantitative estimate of drug-likeness (QED) is 0.216. The standard InChI is InChI=1S/C31H25ClN2O6S/c1-2-37-31(36)28-29(35)27(41-30(28)33-21-9-7-20(32)8-10-21)15-19-17-34(24-6-4-3-5-23(19)24)13-14-38-22-11-12-25-26(16-22)40-18-39-25/h3-12,15-17,35H,2,13-14,18H2,1H3/b27-15-,33-30?. The smallest absolute Gasteiger partial charge is 0.344 e. The Balaban J connectivity index is 1.28. The minimum absolute atomic E-state index is 0.0407. The zero-order chi connectivity index (χ0) is 28.3. The molecule has 2 aliphatic heterocycles. The second-order valence-corrected chi connectivity index (χ2v) is 10.6. The number of benzene rings is 3. The van der Waals surface area contributed by atoms with Gasteiger partial charge >= 0.3 is 5.97 Å². The van der Waals surface area contributed by atoms with Gasteiger partial charge in [0.2, 0.25) is 6.79 Å². The lowest BCUT2D eigenvalue weighted by Gasteiger charge is -2.09. The average Bonchev–Trinajstić information content (AvgIpc) is 3.66. The maximum atomic E-state index is 12.8.